The molecular formula is C19H19NO2S. The molecule has 3 aliphatic rings. The fourth-order valence-electron chi connectivity index (χ4n) is 3.62. The molecule has 1 aromatic carbocycles. The SMILES string of the molecule is CC1=C(C)C(=O)C(CCC23CN2c2ccccc2S3)=C(C)C1=O. The molecule has 2 heterocycles. The van der Waals surface area contributed by atoms with Gasteiger partial charge in [-0.2, -0.15) is 0 Å². The van der Waals surface area contributed by atoms with Crippen LogP contribution in [0, 0.1) is 0 Å². The Hall–Kier alpha value is -1.81. The fourth-order valence-corrected chi connectivity index (χ4v) is 5.06. The first-order chi connectivity index (χ1) is 10.9. The molecule has 0 amide bonds. The quantitative estimate of drug-likeness (QED) is 0.624. The third kappa shape index (κ3) is 2.04. The van der Waals surface area contributed by atoms with Gasteiger partial charge < -0.3 is 4.90 Å². The normalized spacial score (nSPS) is 26.0. The predicted octanol–water partition coefficient (Wildman–Crippen LogP) is 3.89. The molecule has 4 rings (SSSR count). The number of Topliss-reactive ketones (excluding diaryl/α,β-unsaturated/α-hetero) is 2. The minimum absolute atomic E-state index is 0.0321. The lowest BCUT2D eigenvalue weighted by atomic mass is 9.84. The molecule has 1 fully saturated rings. The number of thioether (sulfide) groups is 1. The molecule has 4 heteroatoms. The first-order valence-corrected chi connectivity index (χ1v) is 8.78. The van der Waals surface area contributed by atoms with Crippen LogP contribution in [0.3, 0.4) is 0 Å². The minimum Gasteiger partial charge on any atom is -0.351 e. The summed E-state index contributed by atoms with van der Waals surface area (Å²) < 4.78 is 0. The van der Waals surface area contributed by atoms with Crippen LogP contribution in [-0.2, 0) is 9.59 Å². The van der Waals surface area contributed by atoms with Crippen LogP contribution in [-0.4, -0.2) is 23.0 Å². The number of hydrogen-bond donors (Lipinski definition) is 0. The molecule has 1 aliphatic carbocycles. The van der Waals surface area contributed by atoms with Gasteiger partial charge in [0.15, 0.2) is 11.6 Å². The summed E-state index contributed by atoms with van der Waals surface area (Å²) in [5, 5.41) is 0. The van der Waals surface area contributed by atoms with Gasteiger partial charge in [-0.1, -0.05) is 23.9 Å². The number of anilines is 1. The second kappa shape index (κ2) is 4.84. The van der Waals surface area contributed by atoms with E-state index in [-0.39, 0.29) is 16.4 Å². The van der Waals surface area contributed by atoms with Gasteiger partial charge in [0.2, 0.25) is 0 Å². The highest BCUT2D eigenvalue weighted by molar-refractivity contribution is 8.01. The Morgan fingerprint density at radius 2 is 1.74 bits per heavy atom. The zero-order valence-corrected chi connectivity index (χ0v) is 14.4. The van der Waals surface area contributed by atoms with Crippen LogP contribution in [0.2, 0.25) is 0 Å². The topological polar surface area (TPSA) is 37.1 Å². The van der Waals surface area contributed by atoms with E-state index in [1.54, 1.807) is 20.8 Å². The number of para-hydroxylation sites is 1. The number of fused-ring (bicyclic) bond motifs is 3. The van der Waals surface area contributed by atoms with Crippen LogP contribution in [0.25, 0.3) is 0 Å². The van der Waals surface area contributed by atoms with Crippen LogP contribution < -0.4 is 4.90 Å². The molecule has 1 aromatic rings. The van der Waals surface area contributed by atoms with Gasteiger partial charge in [0.25, 0.3) is 0 Å². The number of hydrogen-bond acceptors (Lipinski definition) is 4. The Kier molecular flexibility index (Phi) is 3.11. The van der Waals surface area contributed by atoms with Crippen LogP contribution in [0.5, 0.6) is 0 Å². The lowest BCUT2D eigenvalue weighted by Crippen LogP contribution is -2.22. The molecule has 0 bridgehead atoms. The Morgan fingerprint density at radius 1 is 1.04 bits per heavy atom. The summed E-state index contributed by atoms with van der Waals surface area (Å²) in [7, 11) is 0. The third-order valence-electron chi connectivity index (χ3n) is 5.33. The highest BCUT2D eigenvalue weighted by Gasteiger charge is 2.57. The van der Waals surface area contributed by atoms with Crippen LogP contribution in [0.1, 0.15) is 33.6 Å². The fraction of sp³-hybridized carbons (Fsp3) is 0.368. The van der Waals surface area contributed by atoms with E-state index in [2.05, 4.69) is 29.2 Å². The molecule has 1 saturated heterocycles. The van der Waals surface area contributed by atoms with Crippen molar-refractivity contribution >= 4 is 29.0 Å². The van der Waals surface area contributed by atoms with Crippen molar-refractivity contribution in [3.05, 3.63) is 46.6 Å². The van der Waals surface area contributed by atoms with Crippen molar-refractivity contribution in [3.8, 4) is 0 Å². The number of allylic oxidation sites excluding steroid dienone is 4. The Balaban J connectivity index is 1.54. The molecular weight excluding hydrogens is 306 g/mol. The molecule has 0 N–H and O–H groups in total. The van der Waals surface area contributed by atoms with E-state index in [0.29, 0.717) is 23.1 Å². The van der Waals surface area contributed by atoms with Crippen molar-refractivity contribution in [1.29, 1.82) is 0 Å². The molecule has 2 aliphatic heterocycles. The first-order valence-electron chi connectivity index (χ1n) is 7.97. The second-order valence-corrected chi connectivity index (χ2v) is 8.02. The number of benzene rings is 1. The largest absolute Gasteiger partial charge is 0.351 e. The molecule has 0 saturated carbocycles. The van der Waals surface area contributed by atoms with E-state index < -0.39 is 0 Å². The molecule has 0 aromatic heterocycles. The summed E-state index contributed by atoms with van der Waals surface area (Å²) in [4.78, 5) is 28.6. The first kappa shape index (κ1) is 14.8. The highest BCUT2D eigenvalue weighted by Crippen LogP contribution is 2.61. The average molecular weight is 325 g/mol. The predicted molar refractivity (Wildman–Crippen MR) is 92.7 cm³/mol. The Morgan fingerprint density at radius 3 is 2.48 bits per heavy atom. The van der Waals surface area contributed by atoms with Crippen molar-refractivity contribution in [2.45, 2.75) is 43.4 Å². The van der Waals surface area contributed by atoms with E-state index in [1.807, 2.05) is 11.8 Å². The minimum atomic E-state index is 0.0321. The number of carbonyl (C=O) groups is 2. The van der Waals surface area contributed by atoms with Gasteiger partial charge >= 0.3 is 0 Å². The van der Waals surface area contributed by atoms with Crippen molar-refractivity contribution in [2.75, 3.05) is 11.4 Å². The second-order valence-electron chi connectivity index (χ2n) is 6.61. The summed E-state index contributed by atoms with van der Waals surface area (Å²) in [6, 6.07) is 8.45. The molecule has 0 radical (unpaired) electrons. The molecule has 23 heavy (non-hydrogen) atoms. The van der Waals surface area contributed by atoms with Gasteiger partial charge in [0.1, 0.15) is 4.87 Å². The van der Waals surface area contributed by atoms with Crippen molar-refractivity contribution < 1.29 is 9.59 Å². The average Bonchev–Trinajstić information content (AvgIpc) is 3.17. The van der Waals surface area contributed by atoms with Crippen LogP contribution in [0.4, 0.5) is 5.69 Å². The monoisotopic (exact) mass is 325 g/mol. The van der Waals surface area contributed by atoms with Gasteiger partial charge in [0, 0.05) is 27.2 Å². The molecule has 1 atom stereocenters. The van der Waals surface area contributed by atoms with E-state index in [9.17, 15) is 9.59 Å². The Bertz CT molecular complexity index is 820. The number of carbonyl (C=O) groups excluding carboxylic acids is 2. The van der Waals surface area contributed by atoms with E-state index >= 15 is 0 Å². The van der Waals surface area contributed by atoms with E-state index in [0.717, 1.165) is 18.5 Å². The molecule has 0 spiro atoms. The zero-order chi connectivity index (χ0) is 16.4. The summed E-state index contributed by atoms with van der Waals surface area (Å²) in [5.74, 6) is 0.0910. The lowest BCUT2D eigenvalue weighted by molar-refractivity contribution is -0.116. The Labute approximate surface area is 140 Å². The van der Waals surface area contributed by atoms with E-state index in [4.69, 9.17) is 0 Å². The number of ketones is 2. The van der Waals surface area contributed by atoms with Crippen molar-refractivity contribution in [3.63, 3.8) is 0 Å². The summed E-state index contributed by atoms with van der Waals surface area (Å²) in [6.45, 7) is 6.35. The van der Waals surface area contributed by atoms with Crippen molar-refractivity contribution in [1.82, 2.24) is 0 Å². The number of rotatable bonds is 3. The maximum atomic E-state index is 12.5. The zero-order valence-electron chi connectivity index (χ0n) is 13.6. The lowest BCUT2D eigenvalue weighted by Gasteiger charge is -2.19. The maximum Gasteiger partial charge on any atom is 0.185 e. The van der Waals surface area contributed by atoms with Gasteiger partial charge in [-0.05, 0) is 45.7 Å². The maximum absolute atomic E-state index is 12.5. The van der Waals surface area contributed by atoms with Gasteiger partial charge in [-0.25, -0.2) is 0 Å². The summed E-state index contributed by atoms with van der Waals surface area (Å²) in [6.07, 6.45) is 1.59. The van der Waals surface area contributed by atoms with Crippen LogP contribution >= 0.6 is 11.8 Å². The van der Waals surface area contributed by atoms with Crippen molar-refractivity contribution in [2.24, 2.45) is 0 Å². The third-order valence-corrected chi connectivity index (χ3v) is 6.83. The molecule has 118 valence electrons. The smallest absolute Gasteiger partial charge is 0.185 e. The summed E-state index contributed by atoms with van der Waals surface area (Å²) in [5.41, 5.74) is 3.88. The van der Waals surface area contributed by atoms with Crippen LogP contribution in [0.15, 0.2) is 51.5 Å². The van der Waals surface area contributed by atoms with Gasteiger partial charge in [-0.3, -0.25) is 9.59 Å². The molecule has 3 nitrogen and oxygen atoms in total. The highest BCUT2D eigenvalue weighted by atomic mass is 32.2. The number of nitrogens with zero attached hydrogens (tertiary/aromatic N) is 1. The van der Waals surface area contributed by atoms with E-state index in [1.165, 1.54) is 10.6 Å². The standard InChI is InChI=1S/C19H19NO2S/c1-11-12(2)18(22)14(13(3)17(11)21)8-9-19-10-20(19)15-6-4-5-7-16(15)23-19/h4-7H,8-10H2,1-3H3. The summed E-state index contributed by atoms with van der Waals surface area (Å²) >= 11 is 1.90. The molecule has 1 unspecified atom stereocenters. The van der Waals surface area contributed by atoms with Gasteiger partial charge in [-0.15, -0.1) is 0 Å². The van der Waals surface area contributed by atoms with Gasteiger partial charge in [0.05, 0.1) is 12.2 Å².